The molecule has 2 aromatic carbocycles. The molecule has 39 heavy (non-hydrogen) atoms. The lowest BCUT2D eigenvalue weighted by atomic mass is 9.73. The number of pyridine rings is 3. The van der Waals surface area contributed by atoms with Crippen LogP contribution in [0.4, 0.5) is 0 Å². The van der Waals surface area contributed by atoms with Gasteiger partial charge in [0.05, 0.1) is 22.2 Å². The maximum atomic E-state index is 6.62. The van der Waals surface area contributed by atoms with Crippen molar-refractivity contribution < 1.29 is 4.40 Å². The lowest BCUT2D eigenvalue weighted by Gasteiger charge is -2.38. The second-order valence-corrected chi connectivity index (χ2v) is 10.4. The van der Waals surface area contributed by atoms with Gasteiger partial charge in [-0.3, -0.25) is 4.98 Å². The van der Waals surface area contributed by atoms with E-state index in [9.17, 15) is 0 Å². The van der Waals surface area contributed by atoms with E-state index >= 15 is 0 Å². The first-order valence-electron chi connectivity index (χ1n) is 13.3. The molecule has 7 heteroatoms. The molecule has 5 heterocycles. The van der Waals surface area contributed by atoms with Crippen molar-refractivity contribution in [2.45, 2.75) is 24.8 Å². The number of hydrogen-bond acceptors (Lipinski definition) is 4. The van der Waals surface area contributed by atoms with Crippen LogP contribution in [0.2, 0.25) is 0 Å². The van der Waals surface area contributed by atoms with E-state index in [4.69, 9.17) is 20.8 Å². The summed E-state index contributed by atoms with van der Waals surface area (Å²) in [6.45, 7) is 0. The summed E-state index contributed by atoms with van der Waals surface area (Å²) in [4.78, 5) is 9.72. The highest BCUT2D eigenvalue weighted by atomic mass is 15.4. The Bertz CT molecular complexity index is 1970. The molecule has 1 fully saturated rings. The smallest absolute Gasteiger partial charge is 0.321 e. The molecule has 5 aromatic heterocycles. The molecule has 0 bridgehead atoms. The Morgan fingerprint density at radius 2 is 1.69 bits per heavy atom. The predicted octanol–water partition coefficient (Wildman–Crippen LogP) is 5.48. The van der Waals surface area contributed by atoms with Crippen molar-refractivity contribution in [2.75, 3.05) is 0 Å². The minimum atomic E-state index is -0.206. The van der Waals surface area contributed by atoms with Crippen molar-refractivity contribution in [3.8, 4) is 28.3 Å². The fourth-order valence-electron chi connectivity index (χ4n) is 5.68. The van der Waals surface area contributed by atoms with Crippen molar-refractivity contribution in [3.05, 3.63) is 115 Å². The molecule has 7 nitrogen and oxygen atoms in total. The third-order valence-electron chi connectivity index (χ3n) is 8.03. The Morgan fingerprint density at radius 1 is 0.872 bits per heavy atom. The fraction of sp³-hybridized carbons (Fsp3) is 0.125. The highest BCUT2D eigenvalue weighted by Crippen LogP contribution is 2.39. The quantitative estimate of drug-likeness (QED) is 0.320. The van der Waals surface area contributed by atoms with Gasteiger partial charge in [0.1, 0.15) is 11.3 Å². The van der Waals surface area contributed by atoms with Crippen LogP contribution in [0.15, 0.2) is 110 Å². The lowest BCUT2D eigenvalue weighted by Crippen LogP contribution is -2.43. The maximum absolute atomic E-state index is 6.62. The molecular weight excluding hydrogens is 482 g/mol. The molecule has 0 aliphatic heterocycles. The van der Waals surface area contributed by atoms with E-state index in [1.165, 1.54) is 12.0 Å². The lowest BCUT2D eigenvalue weighted by molar-refractivity contribution is -0.498. The molecule has 0 unspecified atom stereocenters. The summed E-state index contributed by atoms with van der Waals surface area (Å²) in [7, 11) is 0. The number of aromatic nitrogens is 6. The highest BCUT2D eigenvalue weighted by molar-refractivity contribution is 5.93. The number of fused-ring (bicyclic) bond motifs is 4. The van der Waals surface area contributed by atoms with Gasteiger partial charge in [-0.05, 0) is 66.8 Å². The van der Waals surface area contributed by atoms with Crippen LogP contribution in [-0.2, 0) is 5.54 Å². The molecule has 0 radical (unpaired) electrons. The average molecular weight is 509 g/mol. The van der Waals surface area contributed by atoms with Crippen molar-refractivity contribution in [1.29, 1.82) is 0 Å². The second kappa shape index (κ2) is 8.31. The topological polar surface area (TPSA) is 78.1 Å². The molecule has 7 aromatic rings. The van der Waals surface area contributed by atoms with E-state index in [1.54, 1.807) is 0 Å². The van der Waals surface area contributed by atoms with E-state index in [0.717, 1.165) is 63.4 Å². The van der Waals surface area contributed by atoms with Crippen LogP contribution < -0.4 is 10.1 Å². The van der Waals surface area contributed by atoms with E-state index in [0.29, 0.717) is 0 Å². The van der Waals surface area contributed by atoms with Crippen LogP contribution in [-0.4, -0.2) is 24.1 Å². The van der Waals surface area contributed by atoms with E-state index in [-0.39, 0.29) is 5.54 Å². The van der Waals surface area contributed by atoms with E-state index < -0.39 is 0 Å². The van der Waals surface area contributed by atoms with Crippen LogP contribution in [0, 0.1) is 0 Å². The second-order valence-electron chi connectivity index (χ2n) is 10.4. The largest absolute Gasteiger partial charge is 0.334 e. The Labute approximate surface area is 224 Å². The first kappa shape index (κ1) is 22.1. The number of imidazole rings is 1. The number of hydrogen-bond donors (Lipinski definition) is 1. The molecule has 0 amide bonds. The molecule has 0 saturated heterocycles. The number of nitrogens with two attached hydrogens (primary N) is 1. The maximum Gasteiger partial charge on any atom is 0.334 e. The molecular formula is C32H26N7+. The van der Waals surface area contributed by atoms with Crippen molar-refractivity contribution in [3.63, 3.8) is 0 Å². The normalized spacial score (nSPS) is 14.7. The number of benzene rings is 2. The standard InChI is InChI=1S/C32H26N7/c33-32(15-6-16-32)24-10-12-25(13-11-24)39-31-26-19-23(22-7-2-1-3-8-22)20-34-27(26)14-18-38(31)30(36-39)28-21-37-17-5-4-9-29(37)35-28/h1-5,7-14,17-21H,6,15-16,33H2/q+1. The van der Waals surface area contributed by atoms with Gasteiger partial charge in [0.2, 0.25) is 0 Å². The van der Waals surface area contributed by atoms with Crippen LogP contribution in [0.3, 0.4) is 0 Å². The molecule has 1 aliphatic carbocycles. The van der Waals surface area contributed by atoms with Crippen molar-refractivity contribution in [1.82, 2.24) is 24.1 Å². The van der Waals surface area contributed by atoms with E-state index in [1.807, 2.05) is 64.2 Å². The van der Waals surface area contributed by atoms with Crippen LogP contribution in [0.1, 0.15) is 24.8 Å². The summed E-state index contributed by atoms with van der Waals surface area (Å²) in [5, 5.41) is 6.16. The van der Waals surface area contributed by atoms with E-state index in [2.05, 4.69) is 59.0 Å². The zero-order chi connectivity index (χ0) is 26.0. The highest BCUT2D eigenvalue weighted by Gasteiger charge is 2.34. The van der Waals surface area contributed by atoms with Gasteiger partial charge in [-0.25, -0.2) is 4.98 Å². The number of nitrogens with zero attached hydrogens (tertiary/aromatic N) is 6. The third-order valence-corrected chi connectivity index (χ3v) is 8.03. The van der Waals surface area contributed by atoms with Crippen LogP contribution in [0.25, 0.3) is 50.5 Å². The molecule has 0 spiro atoms. The zero-order valence-corrected chi connectivity index (χ0v) is 21.3. The molecule has 2 N–H and O–H groups in total. The summed E-state index contributed by atoms with van der Waals surface area (Å²) in [6.07, 6.45) is 11.2. The van der Waals surface area contributed by atoms with Crippen molar-refractivity contribution >= 4 is 22.2 Å². The minimum absolute atomic E-state index is 0.206. The zero-order valence-electron chi connectivity index (χ0n) is 21.3. The monoisotopic (exact) mass is 508 g/mol. The summed E-state index contributed by atoms with van der Waals surface area (Å²) in [6, 6.07) is 29.1. The minimum Gasteiger partial charge on any atom is -0.321 e. The van der Waals surface area contributed by atoms with Gasteiger partial charge in [-0.2, -0.15) is 4.40 Å². The Hall–Kier alpha value is -4.88. The number of rotatable bonds is 4. The fourth-order valence-corrected chi connectivity index (χ4v) is 5.68. The summed E-state index contributed by atoms with van der Waals surface area (Å²) in [5.74, 6) is 0.763. The molecule has 1 saturated carbocycles. The molecule has 0 atom stereocenters. The van der Waals surface area contributed by atoms with Gasteiger partial charge in [-0.15, -0.1) is 0 Å². The van der Waals surface area contributed by atoms with Gasteiger partial charge < -0.3 is 10.1 Å². The third kappa shape index (κ3) is 3.47. The first-order valence-corrected chi connectivity index (χ1v) is 13.3. The van der Waals surface area contributed by atoms with Gasteiger partial charge in [0.15, 0.2) is 5.69 Å². The Kier molecular flexibility index (Phi) is 4.72. The molecule has 188 valence electrons. The molecule has 1 aliphatic rings. The van der Waals surface area contributed by atoms with Crippen LogP contribution in [0.5, 0.6) is 0 Å². The average Bonchev–Trinajstić information content (AvgIpc) is 3.58. The van der Waals surface area contributed by atoms with Gasteiger partial charge in [0, 0.05) is 29.7 Å². The first-order chi connectivity index (χ1) is 19.2. The Balaban J connectivity index is 1.39. The van der Waals surface area contributed by atoms with Gasteiger partial charge >= 0.3 is 5.82 Å². The predicted molar refractivity (Wildman–Crippen MR) is 151 cm³/mol. The summed E-state index contributed by atoms with van der Waals surface area (Å²) >= 11 is 0. The van der Waals surface area contributed by atoms with Crippen LogP contribution >= 0.6 is 0 Å². The van der Waals surface area contributed by atoms with Gasteiger partial charge in [-0.1, -0.05) is 53.2 Å². The summed E-state index contributed by atoms with van der Waals surface area (Å²) < 4.78 is 6.14. The SMILES string of the molecule is NC1(c2ccc(-n3nc(-c4cn5ccccc5n4)[n+]4ccc5ncc(-c6ccccc6)cc5c34)cc2)CCC1. The van der Waals surface area contributed by atoms with Gasteiger partial charge in [0.25, 0.3) is 5.65 Å². The Morgan fingerprint density at radius 3 is 2.46 bits per heavy atom. The van der Waals surface area contributed by atoms with Crippen molar-refractivity contribution in [2.24, 2.45) is 5.73 Å². The molecule has 8 rings (SSSR count). The summed E-state index contributed by atoms with van der Waals surface area (Å²) in [5.41, 5.74) is 14.3.